The van der Waals surface area contributed by atoms with E-state index in [-0.39, 0.29) is 13.1 Å². The van der Waals surface area contributed by atoms with Crippen LogP contribution in [0.4, 0.5) is 5.69 Å². The highest BCUT2D eigenvalue weighted by Gasteiger charge is 2.23. The van der Waals surface area contributed by atoms with Gasteiger partial charge in [-0.3, -0.25) is 19.4 Å². The smallest absolute Gasteiger partial charge is 0.317 e. The minimum atomic E-state index is -0.778. The second kappa shape index (κ2) is 12.9. The molecule has 184 valence electrons. The van der Waals surface area contributed by atoms with Gasteiger partial charge >= 0.3 is 11.9 Å². The first-order valence-corrected chi connectivity index (χ1v) is 12.0. The molecule has 2 atom stereocenters. The van der Waals surface area contributed by atoms with E-state index in [4.69, 9.17) is 5.73 Å². The monoisotopic (exact) mass is 461 g/mol. The van der Waals surface area contributed by atoms with Crippen molar-refractivity contribution >= 4 is 17.6 Å². The summed E-state index contributed by atoms with van der Waals surface area (Å²) in [6, 6.07) is 8.13. The van der Waals surface area contributed by atoms with Crippen molar-refractivity contribution in [2.45, 2.75) is 19.3 Å². The molecule has 9 heteroatoms. The molecule has 0 amide bonds. The number of nitrogens with zero attached hydrogens (tertiary/aromatic N) is 4. The number of carbonyl (C=O) groups is 2. The van der Waals surface area contributed by atoms with Gasteiger partial charge in [-0.2, -0.15) is 0 Å². The quantitative estimate of drug-likeness (QED) is 0.525. The Labute approximate surface area is 196 Å². The Kier molecular flexibility index (Phi) is 9.93. The van der Waals surface area contributed by atoms with Gasteiger partial charge < -0.3 is 25.7 Å². The lowest BCUT2D eigenvalue weighted by Gasteiger charge is -2.31. The average molecular weight is 462 g/mol. The van der Waals surface area contributed by atoms with Crippen LogP contribution in [0.3, 0.4) is 0 Å². The van der Waals surface area contributed by atoms with Gasteiger partial charge in [0.25, 0.3) is 0 Å². The summed E-state index contributed by atoms with van der Waals surface area (Å²) >= 11 is 0. The molecule has 0 spiro atoms. The van der Waals surface area contributed by atoms with Crippen LogP contribution in [0.2, 0.25) is 0 Å². The van der Waals surface area contributed by atoms with Gasteiger partial charge in [0, 0.05) is 58.0 Å². The molecule has 1 aromatic rings. The van der Waals surface area contributed by atoms with Gasteiger partial charge in [0.1, 0.15) is 0 Å². The second-order valence-electron chi connectivity index (χ2n) is 9.46. The predicted octanol–water partition coefficient (Wildman–Crippen LogP) is 0.612. The fraction of sp³-hybridized carbons (Fsp3) is 0.667. The minimum absolute atomic E-state index is 0.0785. The van der Waals surface area contributed by atoms with E-state index >= 15 is 0 Å². The maximum Gasteiger partial charge on any atom is 0.317 e. The van der Waals surface area contributed by atoms with Crippen LogP contribution in [0, 0.1) is 5.92 Å². The standard InChI is InChI=1S/C24H39N5O4/c25-22-5-3-20(4-6-22)15-21-16-26-7-1-9-28(18-23(30)31)13-12-27(17-21)8-2-10-29(14-11-26)19-24(32)33/h3-6,21H,1-2,7-19,25H2,(H,30,31)(H,32,33). The van der Waals surface area contributed by atoms with Crippen LogP contribution in [0.1, 0.15) is 18.4 Å². The van der Waals surface area contributed by atoms with E-state index in [0.717, 1.165) is 90.4 Å². The van der Waals surface area contributed by atoms with Crippen molar-refractivity contribution < 1.29 is 19.8 Å². The SMILES string of the molecule is Nc1ccc(CC2CN3CCCN(CC(=O)O)CCN(CCCN(CC(=O)O)CC3)C2)cc1. The lowest BCUT2D eigenvalue weighted by Crippen LogP contribution is -2.41. The molecular weight excluding hydrogens is 422 g/mol. The zero-order valence-corrected chi connectivity index (χ0v) is 19.6. The number of anilines is 1. The van der Waals surface area contributed by atoms with Gasteiger partial charge in [-0.05, 0) is 56.0 Å². The van der Waals surface area contributed by atoms with E-state index in [0.29, 0.717) is 5.92 Å². The Morgan fingerprint density at radius 1 is 0.758 bits per heavy atom. The third kappa shape index (κ3) is 9.29. The number of carboxylic acid groups (broad SMARTS) is 2. The van der Waals surface area contributed by atoms with Crippen molar-refractivity contribution in [1.82, 2.24) is 19.6 Å². The summed E-state index contributed by atoms with van der Waals surface area (Å²) in [4.78, 5) is 31.7. The zero-order valence-electron chi connectivity index (χ0n) is 19.6. The molecule has 0 aromatic heterocycles. The Bertz CT molecular complexity index is 720. The molecule has 0 radical (unpaired) electrons. The first kappa shape index (κ1) is 25.4. The maximum absolute atomic E-state index is 11.3. The van der Waals surface area contributed by atoms with E-state index in [1.807, 2.05) is 12.1 Å². The molecule has 2 bridgehead atoms. The van der Waals surface area contributed by atoms with Crippen molar-refractivity contribution in [1.29, 1.82) is 0 Å². The number of nitrogen functional groups attached to an aromatic ring is 1. The van der Waals surface area contributed by atoms with Crippen LogP contribution in [0.15, 0.2) is 24.3 Å². The van der Waals surface area contributed by atoms with E-state index in [2.05, 4.69) is 31.7 Å². The Hall–Kier alpha value is -2.20. The van der Waals surface area contributed by atoms with Gasteiger partial charge in [-0.1, -0.05) is 12.1 Å². The van der Waals surface area contributed by atoms with Crippen molar-refractivity contribution in [3.05, 3.63) is 29.8 Å². The number of nitrogens with two attached hydrogens (primary N) is 1. The van der Waals surface area contributed by atoms with Crippen molar-refractivity contribution in [3.8, 4) is 0 Å². The third-order valence-corrected chi connectivity index (χ3v) is 6.62. The molecule has 2 aliphatic heterocycles. The number of fused-ring (bicyclic) bond motifs is 4. The molecule has 0 aliphatic carbocycles. The van der Waals surface area contributed by atoms with Gasteiger partial charge in [-0.15, -0.1) is 0 Å². The predicted molar refractivity (Wildman–Crippen MR) is 128 cm³/mol. The van der Waals surface area contributed by atoms with Crippen molar-refractivity contribution in [2.75, 3.05) is 84.3 Å². The summed E-state index contributed by atoms with van der Waals surface area (Å²) in [5.74, 6) is -1.12. The van der Waals surface area contributed by atoms with Crippen molar-refractivity contribution in [2.24, 2.45) is 5.92 Å². The Morgan fingerprint density at radius 2 is 1.24 bits per heavy atom. The Morgan fingerprint density at radius 3 is 1.70 bits per heavy atom. The fourth-order valence-corrected chi connectivity index (χ4v) is 5.02. The third-order valence-electron chi connectivity index (χ3n) is 6.62. The maximum atomic E-state index is 11.3. The molecule has 33 heavy (non-hydrogen) atoms. The molecule has 2 fully saturated rings. The van der Waals surface area contributed by atoms with Crippen LogP contribution >= 0.6 is 0 Å². The molecule has 2 saturated heterocycles. The Balaban J connectivity index is 1.79. The van der Waals surface area contributed by atoms with Gasteiger partial charge in [0.15, 0.2) is 0 Å². The summed E-state index contributed by atoms with van der Waals surface area (Å²) in [7, 11) is 0. The molecule has 1 aromatic carbocycles. The first-order chi connectivity index (χ1) is 15.9. The zero-order chi connectivity index (χ0) is 23.6. The summed E-state index contributed by atoms with van der Waals surface area (Å²) in [5.41, 5.74) is 7.92. The second-order valence-corrected chi connectivity index (χ2v) is 9.46. The molecule has 9 nitrogen and oxygen atoms in total. The minimum Gasteiger partial charge on any atom is -0.480 e. The summed E-state index contributed by atoms with van der Waals surface area (Å²) in [6.07, 6.45) is 2.77. The number of hydrogen-bond acceptors (Lipinski definition) is 7. The highest BCUT2D eigenvalue weighted by atomic mass is 16.4. The van der Waals surface area contributed by atoms with Crippen molar-refractivity contribution in [3.63, 3.8) is 0 Å². The number of benzene rings is 1. The average Bonchev–Trinajstić information content (AvgIpc) is 2.80. The van der Waals surface area contributed by atoms with Crippen LogP contribution in [0.5, 0.6) is 0 Å². The number of carboxylic acids is 2. The number of hydrogen-bond donors (Lipinski definition) is 3. The van der Waals surface area contributed by atoms with E-state index < -0.39 is 11.9 Å². The van der Waals surface area contributed by atoms with Gasteiger partial charge in [0.05, 0.1) is 13.1 Å². The highest BCUT2D eigenvalue weighted by molar-refractivity contribution is 5.69. The van der Waals surface area contributed by atoms with Gasteiger partial charge in [0.2, 0.25) is 0 Å². The van der Waals surface area contributed by atoms with Crippen LogP contribution in [-0.4, -0.2) is 120 Å². The normalized spacial score (nSPS) is 26.4. The molecule has 2 aliphatic rings. The fourth-order valence-electron chi connectivity index (χ4n) is 5.02. The number of rotatable bonds is 6. The van der Waals surface area contributed by atoms with Crippen LogP contribution in [0.25, 0.3) is 0 Å². The molecule has 3 rings (SSSR count). The highest BCUT2D eigenvalue weighted by Crippen LogP contribution is 2.17. The molecule has 2 heterocycles. The van der Waals surface area contributed by atoms with Crippen LogP contribution in [-0.2, 0) is 16.0 Å². The lowest BCUT2D eigenvalue weighted by molar-refractivity contribution is -0.139. The molecular formula is C24H39N5O4. The van der Waals surface area contributed by atoms with E-state index in [1.165, 1.54) is 5.56 Å². The largest absolute Gasteiger partial charge is 0.480 e. The summed E-state index contributed by atoms with van der Waals surface area (Å²) < 4.78 is 0. The first-order valence-electron chi connectivity index (χ1n) is 12.0. The lowest BCUT2D eigenvalue weighted by atomic mass is 9.97. The molecule has 2 unspecified atom stereocenters. The van der Waals surface area contributed by atoms with Crippen LogP contribution < -0.4 is 5.73 Å². The molecule has 0 saturated carbocycles. The number of aliphatic carboxylic acids is 2. The van der Waals surface area contributed by atoms with E-state index in [9.17, 15) is 19.8 Å². The summed E-state index contributed by atoms with van der Waals surface area (Å²) in [6.45, 7) is 8.46. The van der Waals surface area contributed by atoms with Gasteiger partial charge in [-0.25, -0.2) is 0 Å². The van der Waals surface area contributed by atoms with E-state index in [1.54, 1.807) is 0 Å². The topological polar surface area (TPSA) is 114 Å². The molecule has 4 N–H and O–H groups in total. The summed E-state index contributed by atoms with van der Waals surface area (Å²) in [5, 5.41) is 18.6.